The Morgan fingerprint density at radius 2 is 1.56 bits per heavy atom. The summed E-state index contributed by atoms with van der Waals surface area (Å²) in [7, 11) is 0. The van der Waals surface area contributed by atoms with Gasteiger partial charge in [-0.1, -0.05) is 0 Å². The quantitative estimate of drug-likeness (QED) is 0.742. The van der Waals surface area contributed by atoms with Gasteiger partial charge in [-0.2, -0.15) is 0 Å². The minimum absolute atomic E-state index is 0.0200. The summed E-state index contributed by atoms with van der Waals surface area (Å²) in [5, 5.41) is 10.5. The second-order valence-corrected chi connectivity index (χ2v) is 8.16. The third-order valence-corrected chi connectivity index (χ3v) is 6.31. The maximum atomic E-state index is 11.8. The number of carbonyl (C=O) groups is 1. The average Bonchev–Trinajstić information content (AvgIpc) is 2.92. The zero-order valence-corrected chi connectivity index (χ0v) is 16.1. The molecule has 8 atom stereocenters. The molecule has 0 saturated carbocycles. The molecule has 0 bridgehead atoms. The molecule has 0 spiro atoms. The van der Waals surface area contributed by atoms with Crippen LogP contribution in [0.4, 0.5) is 0 Å². The highest BCUT2D eigenvalue weighted by Gasteiger charge is 2.45. The largest absolute Gasteiger partial charge is 0.466 e. The van der Waals surface area contributed by atoms with E-state index in [1.165, 1.54) is 0 Å². The van der Waals surface area contributed by atoms with Crippen LogP contribution in [0.25, 0.3) is 0 Å². The van der Waals surface area contributed by atoms with Gasteiger partial charge in [-0.3, -0.25) is 4.79 Å². The van der Waals surface area contributed by atoms with Crippen LogP contribution < -0.4 is 0 Å². The van der Waals surface area contributed by atoms with Crippen molar-refractivity contribution in [3.8, 4) is 0 Å². The van der Waals surface area contributed by atoms with E-state index in [4.69, 9.17) is 23.7 Å². The Bertz CT molecular complexity index is 513. The van der Waals surface area contributed by atoms with Crippen molar-refractivity contribution < 1.29 is 33.6 Å². The van der Waals surface area contributed by atoms with Crippen molar-refractivity contribution >= 4 is 5.97 Å². The number of rotatable bonds is 3. The third-order valence-electron chi connectivity index (χ3n) is 6.31. The predicted octanol–water partition coefficient (Wildman–Crippen LogP) is 1.73. The molecule has 4 rings (SSSR count). The minimum Gasteiger partial charge on any atom is -0.466 e. The van der Waals surface area contributed by atoms with Crippen LogP contribution in [0.2, 0.25) is 0 Å². The second kappa shape index (κ2) is 8.74. The second-order valence-electron chi connectivity index (χ2n) is 8.16. The SMILES string of the molecule is CCOC(=O)C[C@H]1O[C@H]2CC[C@H]3O[C@H]4CCCO[C@@H]4CC[C@@H]3O[C@@H]2C[C@@H]1O. The Kier molecular flexibility index (Phi) is 6.34. The molecule has 0 aromatic rings. The summed E-state index contributed by atoms with van der Waals surface area (Å²) in [6.45, 7) is 2.94. The molecule has 0 aromatic heterocycles. The van der Waals surface area contributed by atoms with Crippen LogP contribution in [0.1, 0.15) is 58.3 Å². The van der Waals surface area contributed by atoms with E-state index in [9.17, 15) is 9.90 Å². The molecule has 27 heavy (non-hydrogen) atoms. The van der Waals surface area contributed by atoms with Gasteiger partial charge in [-0.15, -0.1) is 0 Å². The van der Waals surface area contributed by atoms with E-state index in [2.05, 4.69) is 0 Å². The number of carbonyl (C=O) groups excluding carboxylic acids is 1. The summed E-state index contributed by atoms with van der Waals surface area (Å²) < 4.78 is 29.8. The fourth-order valence-corrected chi connectivity index (χ4v) is 4.94. The van der Waals surface area contributed by atoms with E-state index in [0.29, 0.717) is 13.0 Å². The zero-order valence-electron chi connectivity index (χ0n) is 16.1. The number of aliphatic hydroxyl groups excluding tert-OH is 1. The molecule has 0 radical (unpaired) electrons. The van der Waals surface area contributed by atoms with Gasteiger partial charge in [0.15, 0.2) is 0 Å². The first-order chi connectivity index (χ1) is 13.1. The summed E-state index contributed by atoms with van der Waals surface area (Å²) in [5.74, 6) is -0.327. The maximum absolute atomic E-state index is 11.8. The molecule has 4 aliphatic heterocycles. The van der Waals surface area contributed by atoms with Crippen molar-refractivity contribution in [2.45, 2.75) is 107 Å². The molecule has 4 heterocycles. The van der Waals surface area contributed by atoms with Gasteiger partial charge in [0.05, 0.1) is 61.9 Å². The Morgan fingerprint density at radius 1 is 0.926 bits per heavy atom. The summed E-state index contributed by atoms with van der Waals surface area (Å²) in [6, 6.07) is 0. The molecule has 7 nitrogen and oxygen atoms in total. The summed E-state index contributed by atoms with van der Waals surface area (Å²) >= 11 is 0. The highest BCUT2D eigenvalue weighted by atomic mass is 16.6. The lowest BCUT2D eigenvalue weighted by Crippen LogP contribution is -2.49. The fourth-order valence-electron chi connectivity index (χ4n) is 4.94. The van der Waals surface area contributed by atoms with Gasteiger partial charge in [-0.25, -0.2) is 0 Å². The van der Waals surface area contributed by atoms with Crippen molar-refractivity contribution in [3.05, 3.63) is 0 Å². The molecular weight excluding hydrogens is 352 g/mol. The number of ether oxygens (including phenoxy) is 5. The van der Waals surface area contributed by atoms with E-state index >= 15 is 0 Å². The number of hydrogen-bond acceptors (Lipinski definition) is 7. The van der Waals surface area contributed by atoms with Crippen LogP contribution in [0.15, 0.2) is 0 Å². The lowest BCUT2D eigenvalue weighted by Gasteiger charge is -2.39. The standard InChI is InChI=1S/C20H32O7/c1-2-23-20(22)11-18-12(21)10-19-17(26-18)8-7-15-16(27-19)6-5-13-14(25-15)4-3-9-24-13/h12-19,21H,2-11H2,1H3/t12-,13+,14-,15+,16-,17-,18+,19+/m0/s1. The summed E-state index contributed by atoms with van der Waals surface area (Å²) in [6.07, 6.45) is 5.16. The van der Waals surface area contributed by atoms with Gasteiger partial charge in [0, 0.05) is 13.0 Å². The molecule has 4 aliphatic rings. The Labute approximate surface area is 160 Å². The molecule has 0 aromatic carbocycles. The number of hydrogen-bond donors (Lipinski definition) is 1. The number of esters is 1. The topological polar surface area (TPSA) is 83.5 Å². The van der Waals surface area contributed by atoms with E-state index in [-0.39, 0.29) is 49.0 Å². The lowest BCUT2D eigenvalue weighted by atomic mass is 9.94. The van der Waals surface area contributed by atoms with Crippen molar-refractivity contribution in [1.82, 2.24) is 0 Å². The van der Waals surface area contributed by atoms with Crippen LogP contribution in [-0.2, 0) is 28.5 Å². The number of fused-ring (bicyclic) bond motifs is 3. The molecule has 0 aliphatic carbocycles. The summed E-state index contributed by atoms with van der Waals surface area (Å²) in [5.41, 5.74) is 0. The van der Waals surface area contributed by atoms with Gasteiger partial charge in [-0.05, 0) is 45.4 Å². The van der Waals surface area contributed by atoms with Gasteiger partial charge < -0.3 is 28.8 Å². The molecule has 154 valence electrons. The monoisotopic (exact) mass is 384 g/mol. The molecular formula is C20H32O7. The van der Waals surface area contributed by atoms with E-state index in [0.717, 1.165) is 45.1 Å². The molecule has 0 unspecified atom stereocenters. The first-order valence-corrected chi connectivity index (χ1v) is 10.6. The molecule has 4 fully saturated rings. The fraction of sp³-hybridized carbons (Fsp3) is 0.950. The minimum atomic E-state index is -0.718. The first kappa shape index (κ1) is 19.6. The van der Waals surface area contributed by atoms with Gasteiger partial charge in [0.1, 0.15) is 0 Å². The van der Waals surface area contributed by atoms with Crippen molar-refractivity contribution in [1.29, 1.82) is 0 Å². The van der Waals surface area contributed by atoms with E-state index in [1.807, 2.05) is 0 Å². The molecule has 1 N–H and O–H groups in total. The Balaban J connectivity index is 1.39. The van der Waals surface area contributed by atoms with E-state index < -0.39 is 12.2 Å². The predicted molar refractivity (Wildman–Crippen MR) is 95.3 cm³/mol. The lowest BCUT2D eigenvalue weighted by molar-refractivity contribution is -0.202. The normalized spacial score (nSPS) is 44.8. The Morgan fingerprint density at radius 3 is 2.30 bits per heavy atom. The summed E-state index contributed by atoms with van der Waals surface area (Å²) in [4.78, 5) is 11.8. The van der Waals surface area contributed by atoms with Crippen LogP contribution >= 0.6 is 0 Å². The van der Waals surface area contributed by atoms with Crippen molar-refractivity contribution in [2.24, 2.45) is 0 Å². The smallest absolute Gasteiger partial charge is 0.308 e. The van der Waals surface area contributed by atoms with E-state index in [1.54, 1.807) is 6.92 Å². The molecule has 7 heteroatoms. The Hall–Kier alpha value is -0.730. The zero-order chi connectivity index (χ0) is 18.8. The molecule has 4 saturated heterocycles. The van der Waals surface area contributed by atoms with Gasteiger partial charge in [0.25, 0.3) is 0 Å². The number of aliphatic hydroxyl groups is 1. The van der Waals surface area contributed by atoms with Gasteiger partial charge in [0.2, 0.25) is 0 Å². The third kappa shape index (κ3) is 4.48. The van der Waals surface area contributed by atoms with Gasteiger partial charge >= 0.3 is 5.97 Å². The van der Waals surface area contributed by atoms with Crippen molar-refractivity contribution in [3.63, 3.8) is 0 Å². The average molecular weight is 384 g/mol. The van der Waals surface area contributed by atoms with Crippen LogP contribution in [0, 0.1) is 0 Å². The highest BCUT2D eigenvalue weighted by molar-refractivity contribution is 5.70. The first-order valence-electron chi connectivity index (χ1n) is 10.6. The van der Waals surface area contributed by atoms with Crippen LogP contribution in [0.3, 0.4) is 0 Å². The molecule has 0 amide bonds. The van der Waals surface area contributed by atoms with Crippen LogP contribution in [-0.4, -0.2) is 73.1 Å². The highest BCUT2D eigenvalue weighted by Crippen LogP contribution is 2.37. The van der Waals surface area contributed by atoms with Crippen LogP contribution in [0.5, 0.6) is 0 Å². The van der Waals surface area contributed by atoms with Crippen molar-refractivity contribution in [2.75, 3.05) is 13.2 Å². The maximum Gasteiger partial charge on any atom is 0.308 e.